The van der Waals surface area contributed by atoms with Crippen molar-refractivity contribution in [3.63, 3.8) is 0 Å². The molecule has 0 unspecified atom stereocenters. The molecule has 2 nitrogen and oxygen atoms in total. The van der Waals surface area contributed by atoms with Crippen LogP contribution in [0.3, 0.4) is 0 Å². The lowest BCUT2D eigenvalue weighted by Crippen LogP contribution is -1.88. The van der Waals surface area contributed by atoms with Crippen molar-refractivity contribution in [1.82, 2.24) is 9.78 Å². The van der Waals surface area contributed by atoms with Crippen LogP contribution in [-0.2, 0) is 7.05 Å². The van der Waals surface area contributed by atoms with Gasteiger partial charge in [-0.15, -0.1) is 0 Å². The number of benzene rings is 1. The molecule has 0 aliphatic heterocycles. The van der Waals surface area contributed by atoms with E-state index in [9.17, 15) is 4.39 Å². The maximum absolute atomic E-state index is 12.9. The zero-order chi connectivity index (χ0) is 10.1. The fourth-order valence-electron chi connectivity index (χ4n) is 1.27. The first-order valence-electron chi connectivity index (χ1n) is 4.12. The van der Waals surface area contributed by atoms with Gasteiger partial charge in [-0.1, -0.05) is 12.1 Å². The Hall–Kier alpha value is -1.16. The lowest BCUT2D eigenvalue weighted by atomic mass is 10.1. The second kappa shape index (κ2) is 3.53. The average Bonchev–Trinajstić information content (AvgIpc) is 2.48. The highest BCUT2D eigenvalue weighted by Gasteiger charge is 2.07. The van der Waals surface area contributed by atoms with Crippen LogP contribution in [-0.4, -0.2) is 9.78 Å². The molecule has 4 heteroatoms. The van der Waals surface area contributed by atoms with Gasteiger partial charge >= 0.3 is 0 Å². The van der Waals surface area contributed by atoms with Gasteiger partial charge < -0.3 is 0 Å². The van der Waals surface area contributed by atoms with Crippen LogP contribution in [0.1, 0.15) is 0 Å². The minimum atomic E-state index is -0.238. The van der Waals surface area contributed by atoms with Gasteiger partial charge in [0.05, 0.1) is 6.20 Å². The molecule has 2 aromatic rings. The van der Waals surface area contributed by atoms with Gasteiger partial charge in [0.1, 0.15) is 10.4 Å². The first kappa shape index (κ1) is 9.40. The topological polar surface area (TPSA) is 17.8 Å². The molecule has 0 bridgehead atoms. The quantitative estimate of drug-likeness (QED) is 0.765. The predicted molar refractivity (Wildman–Crippen MR) is 56.3 cm³/mol. The molecule has 0 aliphatic carbocycles. The highest BCUT2D eigenvalue weighted by Crippen LogP contribution is 2.27. The summed E-state index contributed by atoms with van der Waals surface area (Å²) in [5.74, 6) is -0.238. The maximum Gasteiger partial charge on any atom is 0.123 e. The van der Waals surface area contributed by atoms with Gasteiger partial charge in [-0.3, -0.25) is 4.68 Å². The Bertz CT molecular complexity index is 465. The highest BCUT2D eigenvalue weighted by atomic mass is 79.9. The molecule has 1 aromatic heterocycles. The van der Waals surface area contributed by atoms with E-state index in [-0.39, 0.29) is 5.82 Å². The van der Waals surface area contributed by atoms with E-state index in [2.05, 4.69) is 21.0 Å². The summed E-state index contributed by atoms with van der Waals surface area (Å²) in [4.78, 5) is 0. The number of rotatable bonds is 1. The van der Waals surface area contributed by atoms with Crippen LogP contribution >= 0.6 is 15.9 Å². The zero-order valence-corrected chi connectivity index (χ0v) is 9.12. The van der Waals surface area contributed by atoms with Crippen molar-refractivity contribution < 1.29 is 4.39 Å². The SMILES string of the molecule is Cn1ncc(-c2cccc(F)c2)c1Br. The van der Waals surface area contributed by atoms with Gasteiger partial charge in [-0.25, -0.2) is 4.39 Å². The summed E-state index contributed by atoms with van der Waals surface area (Å²) in [7, 11) is 1.83. The van der Waals surface area contributed by atoms with Crippen LogP contribution in [0.4, 0.5) is 4.39 Å². The number of nitrogens with zero attached hydrogens (tertiary/aromatic N) is 2. The molecule has 0 atom stereocenters. The molecule has 0 aliphatic rings. The Morgan fingerprint density at radius 2 is 2.21 bits per heavy atom. The smallest absolute Gasteiger partial charge is 0.123 e. The normalized spacial score (nSPS) is 10.5. The Labute approximate surface area is 89.5 Å². The minimum absolute atomic E-state index is 0.238. The van der Waals surface area contributed by atoms with Crippen molar-refractivity contribution in [3.05, 3.63) is 40.9 Å². The van der Waals surface area contributed by atoms with Gasteiger partial charge in [0.2, 0.25) is 0 Å². The Kier molecular flexibility index (Phi) is 2.37. The maximum atomic E-state index is 12.9. The molecule has 1 heterocycles. The van der Waals surface area contributed by atoms with E-state index >= 15 is 0 Å². The van der Waals surface area contributed by atoms with Crippen molar-refractivity contribution in [2.45, 2.75) is 0 Å². The van der Waals surface area contributed by atoms with Crippen LogP contribution in [0.2, 0.25) is 0 Å². The van der Waals surface area contributed by atoms with Gasteiger partial charge in [0, 0.05) is 12.6 Å². The second-order valence-electron chi connectivity index (χ2n) is 2.98. The first-order chi connectivity index (χ1) is 6.68. The van der Waals surface area contributed by atoms with E-state index in [0.717, 1.165) is 15.7 Å². The molecule has 2 rings (SSSR count). The molecule has 0 fully saturated rings. The third-order valence-corrected chi connectivity index (χ3v) is 2.94. The summed E-state index contributed by atoms with van der Waals surface area (Å²) in [6, 6.07) is 6.45. The molecule has 0 spiro atoms. The van der Waals surface area contributed by atoms with E-state index in [1.165, 1.54) is 12.1 Å². The van der Waals surface area contributed by atoms with Crippen LogP contribution in [0.25, 0.3) is 11.1 Å². The van der Waals surface area contributed by atoms with E-state index in [4.69, 9.17) is 0 Å². The van der Waals surface area contributed by atoms with Gasteiger partial charge in [-0.05, 0) is 33.6 Å². The van der Waals surface area contributed by atoms with Gasteiger partial charge in [0.15, 0.2) is 0 Å². The molecule has 0 saturated carbocycles. The highest BCUT2D eigenvalue weighted by molar-refractivity contribution is 9.10. The molecule has 0 amide bonds. The van der Waals surface area contributed by atoms with E-state index in [0.29, 0.717) is 0 Å². The summed E-state index contributed by atoms with van der Waals surface area (Å²) < 4.78 is 15.5. The summed E-state index contributed by atoms with van der Waals surface area (Å²) in [6.45, 7) is 0. The molecule has 0 saturated heterocycles. The van der Waals surface area contributed by atoms with Gasteiger partial charge in [-0.2, -0.15) is 5.10 Å². The Morgan fingerprint density at radius 1 is 1.43 bits per heavy atom. The molecular weight excluding hydrogens is 247 g/mol. The van der Waals surface area contributed by atoms with Crippen LogP contribution in [0, 0.1) is 5.82 Å². The minimum Gasteiger partial charge on any atom is -0.261 e. The number of hydrogen-bond donors (Lipinski definition) is 0. The van der Waals surface area contributed by atoms with Crippen molar-refractivity contribution in [3.8, 4) is 11.1 Å². The molecule has 0 radical (unpaired) electrons. The number of halogens is 2. The fourth-order valence-corrected chi connectivity index (χ4v) is 1.70. The van der Waals surface area contributed by atoms with Crippen molar-refractivity contribution in [2.75, 3.05) is 0 Å². The zero-order valence-electron chi connectivity index (χ0n) is 7.54. The molecular formula is C10H8BrFN2. The van der Waals surface area contributed by atoms with Crippen molar-refractivity contribution in [2.24, 2.45) is 7.05 Å². The molecule has 14 heavy (non-hydrogen) atoms. The number of aromatic nitrogens is 2. The third-order valence-electron chi connectivity index (χ3n) is 2.00. The van der Waals surface area contributed by atoms with Gasteiger partial charge in [0.25, 0.3) is 0 Å². The van der Waals surface area contributed by atoms with Crippen LogP contribution in [0.5, 0.6) is 0 Å². The van der Waals surface area contributed by atoms with Crippen LogP contribution < -0.4 is 0 Å². The van der Waals surface area contributed by atoms with E-state index in [1.54, 1.807) is 16.9 Å². The summed E-state index contributed by atoms with van der Waals surface area (Å²) in [5.41, 5.74) is 1.72. The molecule has 72 valence electrons. The number of hydrogen-bond acceptors (Lipinski definition) is 1. The second-order valence-corrected chi connectivity index (χ2v) is 3.73. The Morgan fingerprint density at radius 3 is 2.79 bits per heavy atom. The predicted octanol–water partition coefficient (Wildman–Crippen LogP) is 2.99. The first-order valence-corrected chi connectivity index (χ1v) is 4.91. The molecule has 1 aromatic carbocycles. The van der Waals surface area contributed by atoms with Crippen molar-refractivity contribution >= 4 is 15.9 Å². The monoisotopic (exact) mass is 254 g/mol. The molecule has 0 N–H and O–H groups in total. The van der Waals surface area contributed by atoms with Crippen molar-refractivity contribution in [1.29, 1.82) is 0 Å². The summed E-state index contributed by atoms with van der Waals surface area (Å²) >= 11 is 3.39. The third kappa shape index (κ3) is 1.57. The largest absolute Gasteiger partial charge is 0.261 e. The lowest BCUT2D eigenvalue weighted by molar-refractivity contribution is 0.628. The summed E-state index contributed by atoms with van der Waals surface area (Å²) in [5, 5.41) is 4.07. The Balaban J connectivity index is 2.55. The standard InChI is InChI=1S/C10H8BrFN2/c1-14-10(11)9(6-13-14)7-3-2-4-8(12)5-7/h2-6H,1H3. The van der Waals surface area contributed by atoms with Crippen LogP contribution in [0.15, 0.2) is 35.1 Å². The van der Waals surface area contributed by atoms with E-state index in [1.807, 2.05) is 13.1 Å². The summed E-state index contributed by atoms with van der Waals surface area (Å²) in [6.07, 6.45) is 1.71. The lowest BCUT2D eigenvalue weighted by Gasteiger charge is -1.99. The fraction of sp³-hybridized carbons (Fsp3) is 0.100. The average molecular weight is 255 g/mol. The van der Waals surface area contributed by atoms with E-state index < -0.39 is 0 Å². The number of aryl methyl sites for hydroxylation is 1.